The van der Waals surface area contributed by atoms with Crippen LogP contribution in [-0.4, -0.2) is 37.5 Å². The quantitative estimate of drug-likeness (QED) is 0.880. The number of aliphatic imine (C=N–C) groups is 1. The van der Waals surface area contributed by atoms with E-state index in [4.69, 9.17) is 25.8 Å². The Bertz CT molecular complexity index is 825. The summed E-state index contributed by atoms with van der Waals surface area (Å²) in [7, 11) is 0. The van der Waals surface area contributed by atoms with Crippen LogP contribution in [0.4, 0.5) is 5.69 Å². The maximum absolute atomic E-state index is 10.4. The summed E-state index contributed by atoms with van der Waals surface area (Å²) in [4.78, 5) is 4.32. The summed E-state index contributed by atoms with van der Waals surface area (Å²) in [6, 6.07) is 10.8. The lowest BCUT2D eigenvalue weighted by Gasteiger charge is -2.22. The van der Waals surface area contributed by atoms with Crippen LogP contribution in [0.5, 0.6) is 11.5 Å². The van der Waals surface area contributed by atoms with E-state index in [0.717, 1.165) is 11.3 Å². The maximum atomic E-state index is 10.4. The van der Waals surface area contributed by atoms with E-state index in [0.29, 0.717) is 47.9 Å². The molecule has 2 aromatic rings. The monoisotopic (exact) mass is 360 g/mol. The second-order valence-corrected chi connectivity index (χ2v) is 6.15. The molecule has 2 aromatic carbocycles. The number of hydrogen-bond donors (Lipinski definition) is 2. The van der Waals surface area contributed by atoms with Crippen LogP contribution in [0.1, 0.15) is 17.2 Å². The van der Waals surface area contributed by atoms with Gasteiger partial charge in [0.1, 0.15) is 32.6 Å². The first-order chi connectivity index (χ1) is 12.2. The van der Waals surface area contributed by atoms with Gasteiger partial charge in [-0.25, -0.2) is 4.99 Å². The molecule has 25 heavy (non-hydrogen) atoms. The SMILES string of the molecule is OC(COC1=NCNc2cc(Cl)ccc21)c1ccc2c(c1)OCCO2. The van der Waals surface area contributed by atoms with Gasteiger partial charge in [0.2, 0.25) is 5.90 Å². The first kappa shape index (κ1) is 16.1. The van der Waals surface area contributed by atoms with Crippen molar-refractivity contribution in [3.8, 4) is 11.5 Å². The van der Waals surface area contributed by atoms with Gasteiger partial charge >= 0.3 is 0 Å². The number of benzene rings is 2. The molecule has 0 spiro atoms. The second kappa shape index (κ2) is 6.82. The minimum atomic E-state index is -0.802. The van der Waals surface area contributed by atoms with Gasteiger partial charge < -0.3 is 24.6 Å². The topological polar surface area (TPSA) is 72.3 Å². The Morgan fingerprint density at radius 2 is 2.00 bits per heavy atom. The highest BCUT2D eigenvalue weighted by Gasteiger charge is 2.19. The van der Waals surface area contributed by atoms with Crippen LogP contribution in [0, 0.1) is 0 Å². The lowest BCUT2D eigenvalue weighted by atomic mass is 10.1. The fraction of sp³-hybridized carbons (Fsp3) is 0.278. The number of halogens is 1. The highest BCUT2D eigenvalue weighted by molar-refractivity contribution is 6.31. The molecule has 4 rings (SSSR count). The fourth-order valence-electron chi connectivity index (χ4n) is 2.78. The zero-order valence-electron chi connectivity index (χ0n) is 13.4. The fourth-order valence-corrected chi connectivity index (χ4v) is 2.95. The summed E-state index contributed by atoms with van der Waals surface area (Å²) in [5, 5.41) is 14.2. The molecule has 2 N–H and O–H groups in total. The molecule has 0 bridgehead atoms. The number of aliphatic hydroxyl groups is 1. The highest BCUT2D eigenvalue weighted by atomic mass is 35.5. The molecule has 0 aromatic heterocycles. The van der Waals surface area contributed by atoms with Gasteiger partial charge in [-0.05, 0) is 35.9 Å². The normalized spacial score (nSPS) is 16.3. The van der Waals surface area contributed by atoms with E-state index in [1.165, 1.54) is 0 Å². The predicted octanol–water partition coefficient (Wildman–Crippen LogP) is 2.99. The Kier molecular flexibility index (Phi) is 4.38. The molecule has 0 saturated carbocycles. The first-order valence-corrected chi connectivity index (χ1v) is 8.37. The van der Waals surface area contributed by atoms with E-state index in [1.807, 2.05) is 12.1 Å². The van der Waals surface area contributed by atoms with Crippen molar-refractivity contribution >= 4 is 23.2 Å². The zero-order valence-corrected chi connectivity index (χ0v) is 14.1. The highest BCUT2D eigenvalue weighted by Crippen LogP contribution is 2.33. The summed E-state index contributed by atoms with van der Waals surface area (Å²) in [6.45, 7) is 1.53. The molecule has 2 aliphatic rings. The van der Waals surface area contributed by atoms with Gasteiger partial charge in [0.15, 0.2) is 11.5 Å². The Morgan fingerprint density at radius 1 is 1.16 bits per heavy atom. The van der Waals surface area contributed by atoms with Crippen molar-refractivity contribution < 1.29 is 19.3 Å². The number of anilines is 1. The average Bonchev–Trinajstić information content (AvgIpc) is 2.65. The standard InChI is InChI=1S/C18H17ClN2O4/c19-12-2-3-13-14(8-12)20-10-21-18(13)25-9-15(22)11-1-4-16-17(7-11)24-6-5-23-16/h1-4,7-8,15,20,22H,5-6,9-10H2. The molecule has 0 saturated heterocycles. The van der Waals surface area contributed by atoms with Crippen LogP contribution < -0.4 is 14.8 Å². The number of nitrogens with one attached hydrogen (secondary N) is 1. The third-order valence-electron chi connectivity index (χ3n) is 4.03. The van der Waals surface area contributed by atoms with Crippen LogP contribution in [0.25, 0.3) is 0 Å². The molecule has 6 nitrogen and oxygen atoms in total. The largest absolute Gasteiger partial charge is 0.486 e. The lowest BCUT2D eigenvalue weighted by Crippen LogP contribution is -2.21. The van der Waals surface area contributed by atoms with Crippen molar-refractivity contribution in [1.82, 2.24) is 0 Å². The van der Waals surface area contributed by atoms with Crippen LogP contribution >= 0.6 is 11.6 Å². The molecule has 2 heterocycles. The smallest absolute Gasteiger partial charge is 0.220 e. The molecular weight excluding hydrogens is 344 g/mol. The lowest BCUT2D eigenvalue weighted by molar-refractivity contribution is 0.101. The summed E-state index contributed by atoms with van der Waals surface area (Å²) < 4.78 is 16.8. The molecule has 2 aliphatic heterocycles. The van der Waals surface area contributed by atoms with E-state index in [-0.39, 0.29) is 6.61 Å². The summed E-state index contributed by atoms with van der Waals surface area (Å²) in [5.41, 5.74) is 2.39. The van der Waals surface area contributed by atoms with Crippen molar-refractivity contribution in [3.05, 3.63) is 52.5 Å². The number of fused-ring (bicyclic) bond motifs is 2. The van der Waals surface area contributed by atoms with Gasteiger partial charge in [0.25, 0.3) is 0 Å². The van der Waals surface area contributed by atoms with Crippen molar-refractivity contribution in [2.24, 2.45) is 4.99 Å². The molecule has 0 radical (unpaired) electrons. The van der Waals surface area contributed by atoms with Gasteiger partial charge in [-0.15, -0.1) is 0 Å². The zero-order chi connectivity index (χ0) is 17.2. The van der Waals surface area contributed by atoms with Crippen LogP contribution in [0.15, 0.2) is 41.4 Å². The molecule has 0 amide bonds. The van der Waals surface area contributed by atoms with Crippen molar-refractivity contribution in [3.63, 3.8) is 0 Å². The van der Waals surface area contributed by atoms with Crippen molar-refractivity contribution in [2.45, 2.75) is 6.10 Å². The van der Waals surface area contributed by atoms with Gasteiger partial charge in [-0.2, -0.15) is 0 Å². The third-order valence-corrected chi connectivity index (χ3v) is 4.27. The van der Waals surface area contributed by atoms with Gasteiger partial charge in [0, 0.05) is 10.7 Å². The predicted molar refractivity (Wildman–Crippen MR) is 94.8 cm³/mol. The van der Waals surface area contributed by atoms with Gasteiger partial charge in [-0.1, -0.05) is 17.7 Å². The molecule has 0 aliphatic carbocycles. The molecule has 7 heteroatoms. The van der Waals surface area contributed by atoms with Gasteiger partial charge in [-0.3, -0.25) is 0 Å². The number of nitrogens with zero attached hydrogens (tertiary/aromatic N) is 1. The number of aliphatic hydroxyl groups excluding tert-OH is 1. The van der Waals surface area contributed by atoms with Crippen LogP contribution in [-0.2, 0) is 4.74 Å². The van der Waals surface area contributed by atoms with Gasteiger partial charge in [0.05, 0.1) is 5.56 Å². The average molecular weight is 361 g/mol. The number of rotatable bonds is 3. The van der Waals surface area contributed by atoms with Crippen molar-refractivity contribution in [2.75, 3.05) is 31.8 Å². The van der Waals surface area contributed by atoms with Crippen LogP contribution in [0.2, 0.25) is 5.02 Å². The van der Waals surface area contributed by atoms with E-state index in [1.54, 1.807) is 24.3 Å². The van der Waals surface area contributed by atoms with E-state index < -0.39 is 6.10 Å². The minimum Gasteiger partial charge on any atom is -0.486 e. The third kappa shape index (κ3) is 3.36. The Morgan fingerprint density at radius 3 is 2.88 bits per heavy atom. The number of ether oxygens (including phenoxy) is 3. The minimum absolute atomic E-state index is 0.0839. The molecule has 1 atom stereocenters. The van der Waals surface area contributed by atoms with Crippen molar-refractivity contribution in [1.29, 1.82) is 0 Å². The summed E-state index contributed by atoms with van der Waals surface area (Å²) in [5.74, 6) is 1.82. The molecule has 0 fully saturated rings. The summed E-state index contributed by atoms with van der Waals surface area (Å²) >= 11 is 6.01. The molecular formula is C18H17ClN2O4. The molecule has 130 valence electrons. The Labute approximate surface area is 150 Å². The Hall–Kier alpha value is -2.44. The first-order valence-electron chi connectivity index (χ1n) is 7.99. The maximum Gasteiger partial charge on any atom is 0.220 e. The second-order valence-electron chi connectivity index (χ2n) is 5.72. The summed E-state index contributed by atoms with van der Waals surface area (Å²) in [6.07, 6.45) is -0.802. The van der Waals surface area contributed by atoms with E-state index in [2.05, 4.69) is 10.3 Å². The van der Waals surface area contributed by atoms with E-state index in [9.17, 15) is 5.11 Å². The molecule has 1 unspecified atom stereocenters. The Balaban J connectivity index is 1.46. The van der Waals surface area contributed by atoms with E-state index >= 15 is 0 Å². The van der Waals surface area contributed by atoms with Crippen LogP contribution in [0.3, 0.4) is 0 Å². The number of hydrogen-bond acceptors (Lipinski definition) is 6.